The molecular formula is C19H21FIN5O2. The molecule has 0 radical (unpaired) electrons. The van der Waals surface area contributed by atoms with Crippen molar-refractivity contribution < 1.29 is 14.4 Å². The average molecular weight is 497 g/mol. The molecule has 9 heteroatoms. The van der Waals surface area contributed by atoms with Crippen molar-refractivity contribution >= 4 is 50.9 Å². The summed E-state index contributed by atoms with van der Waals surface area (Å²) in [6.07, 6.45) is 0.613. The SMILES string of the molecule is Cc1cc(I)ccc1Nc1c(C(=O)NO)cc2nc(CCN(C)C)[nH]c2c1F. The molecule has 1 heterocycles. The number of aromatic amines is 1. The van der Waals surface area contributed by atoms with Gasteiger partial charge in [-0.05, 0) is 73.4 Å². The number of rotatable bonds is 6. The summed E-state index contributed by atoms with van der Waals surface area (Å²) < 4.78 is 16.4. The molecule has 2 aromatic carbocycles. The third-order valence-corrected chi connectivity index (χ3v) is 5.03. The smallest absolute Gasteiger partial charge is 0.276 e. The molecule has 1 amide bonds. The minimum Gasteiger partial charge on any atom is -0.352 e. The number of imidazole rings is 1. The van der Waals surface area contributed by atoms with Crippen molar-refractivity contribution in [3.63, 3.8) is 0 Å². The third kappa shape index (κ3) is 4.26. The van der Waals surface area contributed by atoms with Crippen LogP contribution in [0.4, 0.5) is 15.8 Å². The Morgan fingerprint density at radius 3 is 2.75 bits per heavy atom. The van der Waals surface area contributed by atoms with E-state index in [1.807, 2.05) is 44.1 Å². The minimum absolute atomic E-state index is 0.0221. The number of aromatic nitrogens is 2. The summed E-state index contributed by atoms with van der Waals surface area (Å²) in [6.45, 7) is 2.64. The van der Waals surface area contributed by atoms with Gasteiger partial charge in [-0.1, -0.05) is 0 Å². The lowest BCUT2D eigenvalue weighted by Crippen LogP contribution is -2.20. The van der Waals surface area contributed by atoms with Crippen LogP contribution in [0.3, 0.4) is 0 Å². The van der Waals surface area contributed by atoms with Gasteiger partial charge in [-0.15, -0.1) is 0 Å². The molecule has 3 aromatic rings. The molecule has 0 aliphatic heterocycles. The van der Waals surface area contributed by atoms with Crippen molar-refractivity contribution in [3.05, 3.63) is 50.6 Å². The number of hydrogen-bond donors (Lipinski definition) is 4. The van der Waals surface area contributed by atoms with Crippen molar-refractivity contribution in [2.75, 3.05) is 26.0 Å². The summed E-state index contributed by atoms with van der Waals surface area (Å²) in [4.78, 5) is 21.6. The fourth-order valence-electron chi connectivity index (χ4n) is 2.87. The molecule has 0 saturated heterocycles. The molecule has 0 bridgehead atoms. The minimum atomic E-state index is -0.815. The number of hydrogen-bond acceptors (Lipinski definition) is 5. The van der Waals surface area contributed by atoms with Crippen LogP contribution in [-0.2, 0) is 6.42 Å². The van der Waals surface area contributed by atoms with Crippen LogP contribution in [-0.4, -0.2) is 46.6 Å². The number of likely N-dealkylation sites (N-methyl/N-ethyl adjacent to an activating group) is 1. The number of fused-ring (bicyclic) bond motifs is 1. The van der Waals surface area contributed by atoms with E-state index in [1.165, 1.54) is 6.07 Å². The number of nitrogens with zero attached hydrogens (tertiary/aromatic N) is 2. The maximum atomic E-state index is 15.3. The highest BCUT2D eigenvalue weighted by molar-refractivity contribution is 14.1. The van der Waals surface area contributed by atoms with Crippen LogP contribution >= 0.6 is 22.6 Å². The van der Waals surface area contributed by atoms with Crippen LogP contribution in [0.1, 0.15) is 21.7 Å². The molecule has 3 rings (SSSR count). The highest BCUT2D eigenvalue weighted by Gasteiger charge is 2.21. The van der Waals surface area contributed by atoms with E-state index in [2.05, 4.69) is 37.9 Å². The lowest BCUT2D eigenvalue weighted by molar-refractivity contribution is 0.0707. The first-order chi connectivity index (χ1) is 13.3. The normalized spacial score (nSPS) is 11.2. The summed E-state index contributed by atoms with van der Waals surface area (Å²) in [6, 6.07) is 7.11. The van der Waals surface area contributed by atoms with E-state index >= 15 is 4.39 Å². The van der Waals surface area contributed by atoms with Gasteiger partial charge in [0.2, 0.25) is 0 Å². The quantitative estimate of drug-likeness (QED) is 0.238. The van der Waals surface area contributed by atoms with Gasteiger partial charge in [0, 0.05) is 22.2 Å². The zero-order chi connectivity index (χ0) is 20.4. The lowest BCUT2D eigenvalue weighted by atomic mass is 10.1. The van der Waals surface area contributed by atoms with Gasteiger partial charge in [0.25, 0.3) is 5.91 Å². The Balaban J connectivity index is 2.10. The van der Waals surface area contributed by atoms with Crippen molar-refractivity contribution in [3.8, 4) is 0 Å². The number of nitrogens with one attached hydrogen (secondary N) is 3. The Morgan fingerprint density at radius 1 is 1.36 bits per heavy atom. The van der Waals surface area contributed by atoms with Gasteiger partial charge in [0.15, 0.2) is 5.82 Å². The molecule has 28 heavy (non-hydrogen) atoms. The van der Waals surface area contributed by atoms with Gasteiger partial charge in [0.1, 0.15) is 11.3 Å². The van der Waals surface area contributed by atoms with Crippen LogP contribution in [0, 0.1) is 16.3 Å². The van der Waals surface area contributed by atoms with Crippen LogP contribution in [0.15, 0.2) is 24.3 Å². The maximum absolute atomic E-state index is 15.3. The van der Waals surface area contributed by atoms with Crippen molar-refractivity contribution in [1.29, 1.82) is 0 Å². The lowest BCUT2D eigenvalue weighted by Gasteiger charge is -2.14. The predicted molar refractivity (Wildman–Crippen MR) is 115 cm³/mol. The fraction of sp³-hybridized carbons (Fsp3) is 0.263. The second-order valence-corrected chi connectivity index (χ2v) is 8.01. The summed E-state index contributed by atoms with van der Waals surface area (Å²) in [5, 5.41) is 12.1. The second-order valence-electron chi connectivity index (χ2n) is 6.77. The largest absolute Gasteiger partial charge is 0.352 e. The maximum Gasteiger partial charge on any atom is 0.276 e. The zero-order valence-electron chi connectivity index (χ0n) is 15.7. The standard InChI is InChI=1S/C19H21FIN5O2/c1-10-8-11(21)4-5-13(10)23-17-12(19(27)25-28)9-14-18(16(17)20)24-15(22-14)6-7-26(2)3/h4-5,8-9,23,28H,6-7H2,1-3H3,(H,22,24)(H,25,27). The number of H-pyrrole nitrogens is 1. The molecule has 0 saturated carbocycles. The van der Waals surface area contributed by atoms with Crippen LogP contribution in [0.2, 0.25) is 0 Å². The molecule has 4 N–H and O–H groups in total. The third-order valence-electron chi connectivity index (χ3n) is 4.36. The van der Waals surface area contributed by atoms with Gasteiger partial charge in [-0.25, -0.2) is 14.9 Å². The molecule has 0 unspecified atom stereocenters. The van der Waals surface area contributed by atoms with Gasteiger partial charge >= 0.3 is 0 Å². The molecule has 0 aliphatic rings. The Kier molecular flexibility index (Phi) is 6.16. The van der Waals surface area contributed by atoms with Gasteiger partial charge in [0.05, 0.1) is 16.8 Å². The van der Waals surface area contributed by atoms with E-state index in [-0.39, 0.29) is 16.8 Å². The van der Waals surface area contributed by atoms with Crippen molar-refractivity contribution in [2.24, 2.45) is 0 Å². The van der Waals surface area contributed by atoms with Crippen molar-refractivity contribution in [1.82, 2.24) is 20.3 Å². The number of hydroxylamine groups is 1. The Bertz CT molecular complexity index is 1030. The second kappa shape index (κ2) is 8.41. The predicted octanol–water partition coefficient (Wildman–Crippen LogP) is 3.58. The summed E-state index contributed by atoms with van der Waals surface area (Å²) >= 11 is 2.19. The fourth-order valence-corrected chi connectivity index (χ4v) is 3.52. The highest BCUT2D eigenvalue weighted by atomic mass is 127. The van der Waals surface area contributed by atoms with Crippen molar-refractivity contribution in [2.45, 2.75) is 13.3 Å². The first kappa shape index (κ1) is 20.5. The van der Waals surface area contributed by atoms with E-state index < -0.39 is 11.7 Å². The average Bonchev–Trinajstić information content (AvgIpc) is 3.06. The number of aryl methyl sites for hydroxylation is 1. The highest BCUT2D eigenvalue weighted by Crippen LogP contribution is 2.32. The van der Waals surface area contributed by atoms with Crippen LogP contribution in [0.25, 0.3) is 11.0 Å². The van der Waals surface area contributed by atoms with Gasteiger partial charge in [-0.2, -0.15) is 0 Å². The van der Waals surface area contributed by atoms with E-state index in [4.69, 9.17) is 5.21 Å². The van der Waals surface area contributed by atoms with Crippen LogP contribution in [0.5, 0.6) is 0 Å². The zero-order valence-corrected chi connectivity index (χ0v) is 17.9. The van der Waals surface area contributed by atoms with Crippen LogP contribution < -0.4 is 10.8 Å². The first-order valence-corrected chi connectivity index (χ1v) is 9.71. The van der Waals surface area contributed by atoms with E-state index in [0.29, 0.717) is 23.4 Å². The number of amides is 1. The Hall–Kier alpha value is -2.24. The Labute approximate surface area is 175 Å². The number of carbonyl (C=O) groups is 1. The molecule has 0 atom stereocenters. The van der Waals surface area contributed by atoms with E-state index in [1.54, 1.807) is 5.48 Å². The molecular weight excluding hydrogens is 476 g/mol. The molecule has 0 aliphatic carbocycles. The number of anilines is 2. The molecule has 0 fully saturated rings. The Morgan fingerprint density at radius 2 is 2.11 bits per heavy atom. The molecule has 7 nitrogen and oxygen atoms in total. The summed E-state index contributed by atoms with van der Waals surface area (Å²) in [7, 11) is 3.89. The summed E-state index contributed by atoms with van der Waals surface area (Å²) in [5.41, 5.74) is 3.64. The summed E-state index contributed by atoms with van der Waals surface area (Å²) in [5.74, 6) is -0.817. The first-order valence-electron chi connectivity index (χ1n) is 8.63. The van der Waals surface area contributed by atoms with E-state index in [0.717, 1.165) is 15.7 Å². The van der Waals surface area contributed by atoms with E-state index in [9.17, 15) is 4.79 Å². The van der Waals surface area contributed by atoms with Gasteiger partial charge < -0.3 is 15.2 Å². The number of benzene rings is 2. The van der Waals surface area contributed by atoms with Gasteiger partial charge in [-0.3, -0.25) is 10.0 Å². The molecule has 148 valence electrons. The molecule has 1 aromatic heterocycles. The monoisotopic (exact) mass is 497 g/mol. The topological polar surface area (TPSA) is 93.3 Å². The molecule has 0 spiro atoms. The number of halogens is 2. The number of carbonyl (C=O) groups excluding carboxylic acids is 1.